The highest BCUT2D eigenvalue weighted by Gasteiger charge is 2.62. The fourth-order valence-electron chi connectivity index (χ4n) is 7.61. The number of fused-ring (bicyclic) bond motifs is 4. The summed E-state index contributed by atoms with van der Waals surface area (Å²) in [5, 5.41) is 12.2. The number of aliphatic hydroxyl groups is 1. The van der Waals surface area contributed by atoms with E-state index in [9.17, 15) is 14.5 Å². The van der Waals surface area contributed by atoms with Gasteiger partial charge in [-0.05, 0) is 105 Å². The molecule has 2 saturated carbocycles. The van der Waals surface area contributed by atoms with Crippen molar-refractivity contribution in [2.75, 3.05) is 19.5 Å². The van der Waals surface area contributed by atoms with Crippen LogP contribution in [0.3, 0.4) is 0 Å². The van der Waals surface area contributed by atoms with Crippen molar-refractivity contribution in [3.05, 3.63) is 52.6 Å². The Morgan fingerprint density at radius 3 is 2.13 bits per heavy atom. The highest BCUT2D eigenvalue weighted by atomic mass is 32.2. The van der Waals surface area contributed by atoms with Crippen molar-refractivity contribution >= 4 is 79.1 Å². The SMILES string of the molecule is C.C.C.CCOP(=O)(C#C[C@]1(O)CC[C@H]2[C@@H]3CCC4=CC(=O)CCC4=C3[C@@H](c3ccc(SC)cc3)C[C@@]21C)OCC.S.S.S.S. The first-order valence-corrected chi connectivity index (χ1v) is 16.7. The summed E-state index contributed by atoms with van der Waals surface area (Å²) >= 11 is 1.73. The average Bonchev–Trinajstić information content (AvgIpc) is 3.17. The van der Waals surface area contributed by atoms with Gasteiger partial charge in [0.25, 0.3) is 0 Å². The van der Waals surface area contributed by atoms with Gasteiger partial charge in [-0.25, -0.2) is 4.57 Å². The van der Waals surface area contributed by atoms with Crippen molar-refractivity contribution in [2.45, 2.75) is 104 Å². The zero-order valence-corrected chi connectivity index (χ0v) is 30.6. The molecule has 2 fully saturated rings. The smallest absolute Gasteiger partial charge is 0.377 e. The van der Waals surface area contributed by atoms with Gasteiger partial charge < -0.3 is 5.11 Å². The van der Waals surface area contributed by atoms with Crippen LogP contribution in [0, 0.1) is 28.8 Å². The van der Waals surface area contributed by atoms with Crippen LogP contribution in [-0.4, -0.2) is 36.0 Å². The minimum atomic E-state index is -3.60. The normalized spacial score (nSPS) is 27.5. The number of allylic oxidation sites excluding steroid dienone is 4. The summed E-state index contributed by atoms with van der Waals surface area (Å²) in [7, 11) is -3.60. The zero-order chi connectivity index (χ0) is 27.1. The second-order valence-corrected chi connectivity index (χ2v) is 13.9. The maximum absolute atomic E-state index is 13.2. The molecule has 11 heteroatoms. The lowest BCUT2D eigenvalue weighted by Gasteiger charge is -2.53. The second-order valence-electron chi connectivity index (χ2n) is 11.2. The molecule has 0 saturated heterocycles. The van der Waals surface area contributed by atoms with Crippen LogP contribution in [0.1, 0.15) is 99.5 Å². The fourth-order valence-corrected chi connectivity index (χ4v) is 9.22. The van der Waals surface area contributed by atoms with E-state index < -0.39 is 18.6 Å². The number of carbonyl (C=O) groups is 1. The summed E-state index contributed by atoms with van der Waals surface area (Å²) in [5.74, 6) is 4.05. The maximum atomic E-state index is 13.2. The third-order valence-corrected chi connectivity index (χ3v) is 11.7. The molecule has 1 aromatic carbocycles. The van der Waals surface area contributed by atoms with E-state index in [4.69, 9.17) is 9.05 Å². The van der Waals surface area contributed by atoms with Gasteiger partial charge in [-0.2, -0.15) is 54.0 Å². The van der Waals surface area contributed by atoms with E-state index in [1.54, 1.807) is 25.6 Å². The lowest BCUT2D eigenvalue weighted by atomic mass is 9.51. The molecule has 5 rings (SSSR count). The van der Waals surface area contributed by atoms with Crippen molar-refractivity contribution in [1.29, 1.82) is 0 Å². The number of hydrogen-bond acceptors (Lipinski definition) is 6. The molecule has 0 spiro atoms. The van der Waals surface area contributed by atoms with E-state index in [2.05, 4.69) is 49.0 Å². The largest absolute Gasteiger partial charge is 0.405 e. The van der Waals surface area contributed by atoms with Crippen molar-refractivity contribution in [1.82, 2.24) is 0 Å². The van der Waals surface area contributed by atoms with E-state index in [-0.39, 0.29) is 107 Å². The summed E-state index contributed by atoms with van der Waals surface area (Å²) in [6, 6.07) is 8.82. The van der Waals surface area contributed by atoms with E-state index >= 15 is 0 Å². The Labute approximate surface area is 306 Å². The third-order valence-electron chi connectivity index (χ3n) is 9.40. The zero-order valence-electron chi connectivity index (χ0n) is 24.9. The highest BCUT2D eigenvalue weighted by molar-refractivity contribution is 7.98. The lowest BCUT2D eigenvalue weighted by Crippen LogP contribution is -2.51. The summed E-state index contributed by atoms with van der Waals surface area (Å²) < 4.78 is 24.0. The van der Waals surface area contributed by atoms with Crippen molar-refractivity contribution < 1.29 is 23.5 Å². The van der Waals surface area contributed by atoms with Crippen LogP contribution >= 0.6 is 73.3 Å². The molecular weight excluding hydrogens is 680 g/mol. The number of ketones is 1. The Morgan fingerprint density at radius 1 is 0.978 bits per heavy atom. The van der Waals surface area contributed by atoms with E-state index in [0.717, 1.165) is 32.1 Å². The highest BCUT2D eigenvalue weighted by Crippen LogP contribution is 2.67. The van der Waals surface area contributed by atoms with Gasteiger partial charge in [0.05, 0.1) is 13.2 Å². The molecule has 0 bridgehead atoms. The average molecular weight is 739 g/mol. The predicted molar refractivity (Wildman–Crippen MR) is 214 cm³/mol. The van der Waals surface area contributed by atoms with Gasteiger partial charge in [-0.1, -0.05) is 52.8 Å². The first-order chi connectivity index (χ1) is 18.2. The quantitative estimate of drug-likeness (QED) is 0.178. The van der Waals surface area contributed by atoms with Gasteiger partial charge >= 0.3 is 7.60 Å². The van der Waals surface area contributed by atoms with Crippen LogP contribution in [0.15, 0.2) is 52.0 Å². The van der Waals surface area contributed by atoms with Crippen molar-refractivity contribution in [3.63, 3.8) is 0 Å². The monoisotopic (exact) mass is 738 g/mol. The van der Waals surface area contributed by atoms with Crippen LogP contribution in [0.2, 0.25) is 0 Å². The molecule has 260 valence electrons. The van der Waals surface area contributed by atoms with Gasteiger partial charge in [0.15, 0.2) is 5.78 Å². The minimum Gasteiger partial charge on any atom is -0.377 e. The van der Waals surface area contributed by atoms with E-state index in [0.29, 0.717) is 18.8 Å². The minimum absolute atomic E-state index is 0. The van der Waals surface area contributed by atoms with Gasteiger partial charge in [-0.3, -0.25) is 13.8 Å². The summed E-state index contributed by atoms with van der Waals surface area (Å²) in [6.07, 6.45) is 9.42. The molecule has 0 amide bonds. The van der Waals surface area contributed by atoms with Gasteiger partial charge in [0.2, 0.25) is 0 Å². The molecule has 0 aliphatic heterocycles. The van der Waals surface area contributed by atoms with Gasteiger partial charge in [0, 0.05) is 28.3 Å². The molecular formula is C34H59O5PS5. The Balaban J connectivity index is -0.00000252. The number of benzene rings is 1. The topological polar surface area (TPSA) is 72.8 Å². The molecule has 5 nitrogen and oxygen atoms in total. The Kier molecular flexibility index (Phi) is 21.5. The Morgan fingerprint density at radius 2 is 1.58 bits per heavy atom. The molecule has 0 unspecified atom stereocenters. The number of carbonyl (C=O) groups excluding carboxylic acids is 1. The Bertz CT molecular complexity index is 1280. The first kappa shape index (κ1) is 49.2. The molecule has 1 N–H and O–H groups in total. The third kappa shape index (κ3) is 9.28. The van der Waals surface area contributed by atoms with Crippen LogP contribution in [0.5, 0.6) is 0 Å². The first-order valence-electron chi connectivity index (χ1n) is 13.9. The van der Waals surface area contributed by atoms with Gasteiger partial charge in [-0.15, -0.1) is 11.8 Å². The van der Waals surface area contributed by atoms with Crippen LogP contribution in [0.25, 0.3) is 0 Å². The molecule has 4 aliphatic carbocycles. The second kappa shape index (κ2) is 19.7. The fraction of sp³-hybridized carbons (Fsp3) is 0.618. The van der Waals surface area contributed by atoms with Crippen LogP contribution in [-0.2, 0) is 18.4 Å². The number of hydrogen-bond donors (Lipinski definition) is 1. The molecule has 45 heavy (non-hydrogen) atoms. The standard InChI is InChI=1S/C31H39O5PS.3CH4.4H2S/c1-5-35-37(34,36-6-2)18-17-31(33)16-15-28-26-13-9-22-19-23(32)10-14-25(22)29(26)27(20-30(28,31)3)21-7-11-24(38-4)12-8-21;;;;;;;/h7-8,11-12,19,26-28,33H,5-6,9-10,13-16,20H2,1-4H3;3*1H4;4*1H2/t26-,27+,28-,30-,31+;;;;;;;/m0......./s1. The maximum Gasteiger partial charge on any atom is 0.405 e. The van der Waals surface area contributed by atoms with E-state index in [1.165, 1.54) is 27.2 Å². The van der Waals surface area contributed by atoms with Crippen LogP contribution < -0.4 is 0 Å². The molecule has 4 aliphatic rings. The summed E-state index contributed by atoms with van der Waals surface area (Å²) in [5.41, 5.74) is 6.37. The lowest BCUT2D eigenvalue weighted by molar-refractivity contribution is -0.114. The van der Waals surface area contributed by atoms with Gasteiger partial charge in [0.1, 0.15) is 5.60 Å². The molecule has 5 atom stereocenters. The van der Waals surface area contributed by atoms with Crippen molar-refractivity contribution in [2.24, 2.45) is 17.3 Å². The molecule has 0 heterocycles. The predicted octanol–water partition coefficient (Wildman–Crippen LogP) is 9.63. The number of rotatable bonds is 6. The molecule has 0 aromatic heterocycles. The molecule has 0 radical (unpaired) electrons. The summed E-state index contributed by atoms with van der Waals surface area (Å²) in [6.45, 7) is 6.18. The number of thioether (sulfide) groups is 1. The van der Waals surface area contributed by atoms with E-state index in [1.807, 2.05) is 6.08 Å². The molecule has 1 aromatic rings. The van der Waals surface area contributed by atoms with Crippen molar-refractivity contribution in [3.8, 4) is 11.6 Å². The van der Waals surface area contributed by atoms with Crippen LogP contribution in [0.4, 0.5) is 0 Å². The summed E-state index contributed by atoms with van der Waals surface area (Å²) in [4.78, 5) is 13.5. The Hall–Kier alpha value is -0.210.